The third-order valence-electron chi connectivity index (χ3n) is 3.17. The maximum atomic E-state index is 11.7. The zero-order chi connectivity index (χ0) is 16.3. The molecule has 0 bridgehead atoms. The van der Waals surface area contributed by atoms with E-state index in [1.807, 2.05) is 30.3 Å². The van der Waals surface area contributed by atoms with Crippen LogP contribution in [0.5, 0.6) is 5.75 Å². The highest BCUT2D eigenvalue weighted by atomic mass is 16.4. The summed E-state index contributed by atoms with van der Waals surface area (Å²) in [6.07, 6.45) is 3.23. The van der Waals surface area contributed by atoms with E-state index in [1.165, 1.54) is 19.9 Å². The molecule has 2 N–H and O–H groups in total. The minimum absolute atomic E-state index is 0.136. The number of Topliss-reactive ketones (excluding diaryl/α,β-unsaturated/α-hetero) is 1. The number of ketones is 1. The van der Waals surface area contributed by atoms with Crippen molar-refractivity contribution in [2.45, 2.75) is 13.8 Å². The minimum atomic E-state index is -1.30. The van der Waals surface area contributed by atoms with Crippen LogP contribution < -0.4 is 0 Å². The van der Waals surface area contributed by atoms with Gasteiger partial charge in [-0.2, -0.15) is 0 Å². The van der Waals surface area contributed by atoms with E-state index in [-0.39, 0.29) is 28.3 Å². The Hall–Kier alpha value is -2.95. The van der Waals surface area contributed by atoms with Crippen molar-refractivity contribution in [1.29, 1.82) is 0 Å². The quantitative estimate of drug-likeness (QED) is 0.846. The van der Waals surface area contributed by atoms with Crippen LogP contribution in [0.2, 0.25) is 0 Å². The van der Waals surface area contributed by atoms with E-state index in [2.05, 4.69) is 4.98 Å². The molecule has 0 aliphatic rings. The number of carbonyl (C=O) groups is 2. The van der Waals surface area contributed by atoms with E-state index in [0.29, 0.717) is 0 Å². The summed E-state index contributed by atoms with van der Waals surface area (Å²) in [5, 5.41) is 19.3. The minimum Gasteiger partial charge on any atom is -0.505 e. The van der Waals surface area contributed by atoms with E-state index in [0.717, 1.165) is 5.56 Å². The molecule has 0 radical (unpaired) electrons. The van der Waals surface area contributed by atoms with Crippen LogP contribution in [0, 0.1) is 6.92 Å². The maximum Gasteiger partial charge on any atom is 0.338 e. The summed E-state index contributed by atoms with van der Waals surface area (Å²) < 4.78 is 0. The Kier molecular flexibility index (Phi) is 4.36. The van der Waals surface area contributed by atoms with Gasteiger partial charge >= 0.3 is 5.97 Å². The van der Waals surface area contributed by atoms with Crippen LogP contribution in [-0.2, 0) is 0 Å². The lowest BCUT2D eigenvalue weighted by Gasteiger charge is -2.10. The van der Waals surface area contributed by atoms with Gasteiger partial charge in [0.25, 0.3) is 0 Å². The molecule has 2 rings (SSSR count). The molecule has 5 heteroatoms. The van der Waals surface area contributed by atoms with E-state index in [9.17, 15) is 19.8 Å². The number of carboxylic acids is 1. The van der Waals surface area contributed by atoms with E-state index in [1.54, 1.807) is 6.08 Å². The van der Waals surface area contributed by atoms with Crippen LogP contribution in [0.4, 0.5) is 0 Å². The fraction of sp³-hybridized carbons (Fsp3) is 0.118. The van der Waals surface area contributed by atoms with Crippen molar-refractivity contribution in [3.63, 3.8) is 0 Å². The topological polar surface area (TPSA) is 87.5 Å². The molecule has 0 fully saturated rings. The summed E-state index contributed by atoms with van der Waals surface area (Å²) in [4.78, 5) is 27.3. The van der Waals surface area contributed by atoms with Gasteiger partial charge in [0.2, 0.25) is 0 Å². The van der Waals surface area contributed by atoms with E-state index in [4.69, 9.17) is 0 Å². The molecule has 0 saturated carbocycles. The van der Waals surface area contributed by atoms with Crippen LogP contribution in [0.3, 0.4) is 0 Å². The number of carbonyl (C=O) groups excluding carboxylic acids is 1. The first-order chi connectivity index (χ1) is 10.4. The number of aromatic hydroxyl groups is 1. The van der Waals surface area contributed by atoms with Crippen molar-refractivity contribution in [3.05, 3.63) is 58.4 Å². The molecule has 0 saturated heterocycles. The Morgan fingerprint density at radius 3 is 2.27 bits per heavy atom. The molecular formula is C17H15NO4. The van der Waals surface area contributed by atoms with Crippen molar-refractivity contribution in [3.8, 4) is 5.75 Å². The second kappa shape index (κ2) is 6.22. The van der Waals surface area contributed by atoms with Crippen molar-refractivity contribution in [2.24, 2.45) is 0 Å². The third-order valence-corrected chi connectivity index (χ3v) is 3.17. The number of aromatic carboxylic acids is 1. The first-order valence-electron chi connectivity index (χ1n) is 6.62. The standard InChI is InChI=1S/C17H15NO4/c1-10-16(20)14(11(2)19)15(17(21)22)13(18-10)9-8-12-6-4-3-5-7-12/h3-9,20H,1-2H3,(H,21,22)/b9-8+. The highest BCUT2D eigenvalue weighted by Gasteiger charge is 2.24. The molecular weight excluding hydrogens is 282 g/mol. The van der Waals surface area contributed by atoms with Crippen LogP contribution in [0.15, 0.2) is 30.3 Å². The Morgan fingerprint density at radius 2 is 1.73 bits per heavy atom. The molecule has 0 amide bonds. The molecule has 112 valence electrons. The van der Waals surface area contributed by atoms with Crippen LogP contribution in [-0.4, -0.2) is 26.9 Å². The lowest BCUT2D eigenvalue weighted by molar-refractivity contribution is 0.0690. The van der Waals surface area contributed by atoms with Gasteiger partial charge in [0, 0.05) is 0 Å². The van der Waals surface area contributed by atoms with Crippen molar-refractivity contribution in [1.82, 2.24) is 4.98 Å². The number of rotatable bonds is 4. The second-order valence-electron chi connectivity index (χ2n) is 4.79. The van der Waals surface area contributed by atoms with E-state index >= 15 is 0 Å². The number of hydrogen-bond acceptors (Lipinski definition) is 4. The van der Waals surface area contributed by atoms with Gasteiger partial charge in [0.05, 0.1) is 22.5 Å². The molecule has 0 aliphatic carbocycles. The molecule has 1 aromatic carbocycles. The largest absolute Gasteiger partial charge is 0.505 e. The summed E-state index contributed by atoms with van der Waals surface area (Å²) in [6, 6.07) is 9.30. The van der Waals surface area contributed by atoms with Gasteiger partial charge in [-0.05, 0) is 25.5 Å². The van der Waals surface area contributed by atoms with Gasteiger partial charge in [0.1, 0.15) is 5.75 Å². The first kappa shape index (κ1) is 15.4. The molecule has 2 aromatic rings. The highest BCUT2D eigenvalue weighted by molar-refractivity contribution is 6.08. The molecule has 0 spiro atoms. The number of pyridine rings is 1. The van der Waals surface area contributed by atoms with Crippen LogP contribution >= 0.6 is 0 Å². The van der Waals surface area contributed by atoms with Gasteiger partial charge in [0.15, 0.2) is 5.78 Å². The lowest BCUT2D eigenvalue weighted by Crippen LogP contribution is -2.12. The lowest BCUT2D eigenvalue weighted by atomic mass is 10.00. The SMILES string of the molecule is CC(=O)c1c(O)c(C)nc(/C=C/c2ccccc2)c1C(=O)O. The molecule has 5 nitrogen and oxygen atoms in total. The van der Waals surface area contributed by atoms with Crippen LogP contribution in [0.25, 0.3) is 12.2 Å². The molecule has 0 aliphatic heterocycles. The fourth-order valence-corrected chi connectivity index (χ4v) is 2.14. The number of aromatic nitrogens is 1. The summed E-state index contributed by atoms with van der Waals surface area (Å²) in [7, 11) is 0. The van der Waals surface area contributed by atoms with Gasteiger partial charge in [-0.25, -0.2) is 9.78 Å². The molecule has 0 unspecified atom stereocenters. The Morgan fingerprint density at radius 1 is 1.09 bits per heavy atom. The molecule has 0 atom stereocenters. The normalized spacial score (nSPS) is 10.8. The number of carboxylic acid groups (broad SMARTS) is 1. The van der Waals surface area contributed by atoms with Gasteiger partial charge in [-0.15, -0.1) is 0 Å². The predicted molar refractivity (Wildman–Crippen MR) is 83.0 cm³/mol. The zero-order valence-electron chi connectivity index (χ0n) is 12.2. The van der Waals surface area contributed by atoms with Crippen LogP contribution in [0.1, 0.15) is 44.6 Å². The van der Waals surface area contributed by atoms with Crippen molar-refractivity contribution < 1.29 is 19.8 Å². The Bertz CT molecular complexity index is 764. The molecule has 1 heterocycles. The monoisotopic (exact) mass is 297 g/mol. The van der Waals surface area contributed by atoms with Gasteiger partial charge < -0.3 is 10.2 Å². The Labute approximate surface area is 127 Å². The fourth-order valence-electron chi connectivity index (χ4n) is 2.14. The van der Waals surface area contributed by atoms with Gasteiger partial charge in [-0.3, -0.25) is 4.79 Å². The number of aryl methyl sites for hydroxylation is 1. The van der Waals surface area contributed by atoms with Gasteiger partial charge in [-0.1, -0.05) is 36.4 Å². The summed E-state index contributed by atoms with van der Waals surface area (Å²) >= 11 is 0. The van der Waals surface area contributed by atoms with E-state index < -0.39 is 11.8 Å². The van der Waals surface area contributed by atoms with Crippen molar-refractivity contribution >= 4 is 23.9 Å². The molecule has 1 aromatic heterocycles. The average Bonchev–Trinajstić information content (AvgIpc) is 2.48. The summed E-state index contributed by atoms with van der Waals surface area (Å²) in [5.41, 5.74) is 0.714. The third kappa shape index (κ3) is 3.03. The number of benzene rings is 1. The first-order valence-corrected chi connectivity index (χ1v) is 6.62. The zero-order valence-corrected chi connectivity index (χ0v) is 12.2. The Balaban J connectivity index is 2.63. The molecule has 22 heavy (non-hydrogen) atoms. The second-order valence-corrected chi connectivity index (χ2v) is 4.79. The maximum absolute atomic E-state index is 11.7. The predicted octanol–water partition coefficient (Wildman–Crippen LogP) is 3.17. The number of hydrogen-bond donors (Lipinski definition) is 2. The summed E-state index contributed by atoms with van der Waals surface area (Å²) in [5.74, 6) is -2.21. The smallest absolute Gasteiger partial charge is 0.338 e. The summed E-state index contributed by atoms with van der Waals surface area (Å²) in [6.45, 7) is 2.74. The van der Waals surface area contributed by atoms with Crippen molar-refractivity contribution in [2.75, 3.05) is 0 Å². The highest BCUT2D eigenvalue weighted by Crippen LogP contribution is 2.28. The average molecular weight is 297 g/mol. The number of nitrogens with zero attached hydrogens (tertiary/aromatic N) is 1.